The second-order valence-electron chi connectivity index (χ2n) is 2.59. The van der Waals surface area contributed by atoms with E-state index < -0.39 is 0 Å². The van der Waals surface area contributed by atoms with Gasteiger partial charge in [-0.1, -0.05) is 0 Å². The first-order chi connectivity index (χ1) is 5.24. The van der Waals surface area contributed by atoms with E-state index in [9.17, 15) is 4.79 Å². The monoisotopic (exact) mass is 155 g/mol. The van der Waals surface area contributed by atoms with E-state index in [2.05, 4.69) is 0 Å². The van der Waals surface area contributed by atoms with Crippen LogP contribution >= 0.6 is 0 Å². The van der Waals surface area contributed by atoms with Gasteiger partial charge in [-0.25, -0.2) is 0 Å². The predicted molar refractivity (Wildman–Crippen MR) is 42.0 cm³/mol. The van der Waals surface area contributed by atoms with Crippen molar-refractivity contribution in [1.82, 2.24) is 4.90 Å². The molecule has 0 radical (unpaired) electrons. The normalized spacial score (nSPS) is 17.6. The molecule has 11 heavy (non-hydrogen) atoms. The van der Waals surface area contributed by atoms with Gasteiger partial charge in [0.05, 0.1) is 12.9 Å². The van der Waals surface area contributed by atoms with Crippen molar-refractivity contribution < 1.29 is 9.53 Å². The molecular weight excluding hydrogens is 142 g/mol. The van der Waals surface area contributed by atoms with Crippen LogP contribution < -0.4 is 0 Å². The fraction of sp³-hybridized carbons (Fsp3) is 0.625. The van der Waals surface area contributed by atoms with Gasteiger partial charge in [-0.05, 0) is 6.08 Å². The molecule has 0 aromatic rings. The van der Waals surface area contributed by atoms with Crippen molar-refractivity contribution in [3.05, 3.63) is 11.8 Å². The number of ether oxygens (including phenoxy) is 1. The fourth-order valence-corrected chi connectivity index (χ4v) is 1.12. The molecule has 1 amide bonds. The summed E-state index contributed by atoms with van der Waals surface area (Å²) in [6.07, 6.45) is 2.79. The summed E-state index contributed by atoms with van der Waals surface area (Å²) in [5.74, 6) is 1.12. The topological polar surface area (TPSA) is 29.5 Å². The molecule has 3 nitrogen and oxygen atoms in total. The molecule has 1 aliphatic heterocycles. The van der Waals surface area contributed by atoms with Crippen LogP contribution in [0, 0.1) is 0 Å². The highest BCUT2D eigenvalue weighted by molar-refractivity contribution is 5.73. The lowest BCUT2D eigenvalue weighted by Gasteiger charge is -2.24. The van der Waals surface area contributed by atoms with E-state index >= 15 is 0 Å². The standard InChI is InChI=1S/C8H13NO2/c1-7(10)9-5-3-8(11-2)4-6-9/h3H,4-6H2,1-2H3. The fourth-order valence-electron chi connectivity index (χ4n) is 1.12. The van der Waals surface area contributed by atoms with Gasteiger partial charge >= 0.3 is 0 Å². The van der Waals surface area contributed by atoms with Crippen LogP contribution in [0.5, 0.6) is 0 Å². The number of amides is 1. The zero-order valence-corrected chi connectivity index (χ0v) is 6.96. The lowest BCUT2D eigenvalue weighted by molar-refractivity contribution is -0.128. The Morgan fingerprint density at radius 2 is 2.45 bits per heavy atom. The Labute approximate surface area is 66.6 Å². The van der Waals surface area contributed by atoms with Gasteiger partial charge in [0.1, 0.15) is 0 Å². The van der Waals surface area contributed by atoms with E-state index in [1.165, 1.54) is 0 Å². The van der Waals surface area contributed by atoms with Crippen LogP contribution in [-0.4, -0.2) is 31.0 Å². The number of rotatable bonds is 1. The number of carbonyl (C=O) groups excluding carboxylic acids is 1. The third-order valence-corrected chi connectivity index (χ3v) is 1.87. The summed E-state index contributed by atoms with van der Waals surface area (Å²) in [6.45, 7) is 3.07. The average Bonchev–Trinajstić information content (AvgIpc) is 2.05. The van der Waals surface area contributed by atoms with Crippen LogP contribution in [0.2, 0.25) is 0 Å². The number of carbonyl (C=O) groups is 1. The Morgan fingerprint density at radius 3 is 2.82 bits per heavy atom. The maximum Gasteiger partial charge on any atom is 0.219 e. The molecule has 0 aliphatic carbocycles. The highest BCUT2D eigenvalue weighted by Crippen LogP contribution is 2.10. The first-order valence-corrected chi connectivity index (χ1v) is 3.72. The molecule has 0 spiro atoms. The van der Waals surface area contributed by atoms with Crippen LogP contribution in [0.4, 0.5) is 0 Å². The van der Waals surface area contributed by atoms with Gasteiger partial charge in [-0.15, -0.1) is 0 Å². The number of methoxy groups -OCH3 is 1. The first kappa shape index (κ1) is 8.11. The van der Waals surface area contributed by atoms with E-state index in [0.717, 1.165) is 18.7 Å². The Kier molecular flexibility index (Phi) is 2.52. The molecule has 0 aromatic heterocycles. The zero-order chi connectivity index (χ0) is 8.27. The maximum atomic E-state index is 10.8. The summed E-state index contributed by atoms with van der Waals surface area (Å²) in [6, 6.07) is 0. The SMILES string of the molecule is COC1=CCN(C(C)=O)CC1. The van der Waals surface area contributed by atoms with Crippen molar-refractivity contribution in [1.29, 1.82) is 0 Å². The third-order valence-electron chi connectivity index (χ3n) is 1.87. The molecule has 62 valence electrons. The predicted octanol–water partition coefficient (Wildman–Crippen LogP) is 0.769. The molecule has 0 saturated heterocycles. The van der Waals surface area contributed by atoms with Crippen molar-refractivity contribution in [2.45, 2.75) is 13.3 Å². The van der Waals surface area contributed by atoms with E-state index in [1.807, 2.05) is 6.08 Å². The summed E-state index contributed by atoms with van der Waals surface area (Å²) in [7, 11) is 1.66. The van der Waals surface area contributed by atoms with Crippen molar-refractivity contribution in [2.24, 2.45) is 0 Å². The molecule has 0 aromatic carbocycles. The summed E-state index contributed by atoms with van der Waals surface area (Å²) in [5, 5.41) is 0. The molecule has 0 saturated carbocycles. The van der Waals surface area contributed by atoms with E-state index in [1.54, 1.807) is 18.9 Å². The molecule has 1 heterocycles. The molecule has 0 atom stereocenters. The van der Waals surface area contributed by atoms with Crippen molar-refractivity contribution in [3.63, 3.8) is 0 Å². The zero-order valence-electron chi connectivity index (χ0n) is 6.96. The molecule has 1 aliphatic rings. The minimum Gasteiger partial charge on any atom is -0.501 e. The second-order valence-corrected chi connectivity index (χ2v) is 2.59. The highest BCUT2D eigenvalue weighted by Gasteiger charge is 2.12. The van der Waals surface area contributed by atoms with Crippen LogP contribution in [-0.2, 0) is 9.53 Å². The van der Waals surface area contributed by atoms with Gasteiger partial charge in [0.15, 0.2) is 0 Å². The summed E-state index contributed by atoms with van der Waals surface area (Å²) >= 11 is 0. The third kappa shape index (κ3) is 1.97. The lowest BCUT2D eigenvalue weighted by atomic mass is 10.2. The van der Waals surface area contributed by atoms with Crippen LogP contribution in [0.1, 0.15) is 13.3 Å². The summed E-state index contributed by atoms with van der Waals surface area (Å²) in [5.41, 5.74) is 0. The van der Waals surface area contributed by atoms with Gasteiger partial charge in [0, 0.05) is 26.4 Å². The average molecular weight is 155 g/mol. The van der Waals surface area contributed by atoms with E-state index in [0.29, 0.717) is 6.54 Å². The molecular formula is C8H13NO2. The van der Waals surface area contributed by atoms with Crippen LogP contribution in [0.3, 0.4) is 0 Å². The van der Waals surface area contributed by atoms with E-state index in [4.69, 9.17) is 4.74 Å². The van der Waals surface area contributed by atoms with Gasteiger partial charge in [-0.3, -0.25) is 4.79 Å². The molecule has 0 bridgehead atoms. The van der Waals surface area contributed by atoms with Crippen molar-refractivity contribution in [3.8, 4) is 0 Å². The molecule has 1 rings (SSSR count). The largest absolute Gasteiger partial charge is 0.501 e. The first-order valence-electron chi connectivity index (χ1n) is 3.72. The number of nitrogens with zero attached hydrogens (tertiary/aromatic N) is 1. The molecule has 0 unspecified atom stereocenters. The van der Waals surface area contributed by atoms with Crippen molar-refractivity contribution in [2.75, 3.05) is 20.2 Å². The Balaban J connectivity index is 2.47. The minimum absolute atomic E-state index is 0.136. The Bertz CT molecular complexity index is 187. The van der Waals surface area contributed by atoms with Crippen LogP contribution in [0.25, 0.3) is 0 Å². The minimum atomic E-state index is 0.136. The highest BCUT2D eigenvalue weighted by atomic mass is 16.5. The molecule has 0 N–H and O–H groups in total. The summed E-state index contributed by atoms with van der Waals surface area (Å²) < 4.78 is 5.04. The van der Waals surface area contributed by atoms with Gasteiger partial charge < -0.3 is 9.64 Å². The Morgan fingerprint density at radius 1 is 1.73 bits per heavy atom. The van der Waals surface area contributed by atoms with E-state index in [-0.39, 0.29) is 5.91 Å². The maximum absolute atomic E-state index is 10.8. The van der Waals surface area contributed by atoms with Gasteiger partial charge in [-0.2, -0.15) is 0 Å². The van der Waals surface area contributed by atoms with Crippen molar-refractivity contribution >= 4 is 5.91 Å². The lowest BCUT2D eigenvalue weighted by Crippen LogP contribution is -2.33. The smallest absolute Gasteiger partial charge is 0.219 e. The van der Waals surface area contributed by atoms with Gasteiger partial charge in [0.25, 0.3) is 0 Å². The molecule has 3 heteroatoms. The molecule has 0 fully saturated rings. The quantitative estimate of drug-likeness (QED) is 0.559. The Hall–Kier alpha value is -0.990. The summed E-state index contributed by atoms with van der Waals surface area (Å²) in [4.78, 5) is 12.6. The number of hydrogen-bond acceptors (Lipinski definition) is 2. The van der Waals surface area contributed by atoms with Crippen LogP contribution in [0.15, 0.2) is 11.8 Å². The van der Waals surface area contributed by atoms with Gasteiger partial charge in [0.2, 0.25) is 5.91 Å². The number of hydrogen-bond donors (Lipinski definition) is 0. The second kappa shape index (κ2) is 3.42.